The molecule has 0 saturated carbocycles. The number of hydrogen-bond acceptors (Lipinski definition) is 6. The summed E-state index contributed by atoms with van der Waals surface area (Å²) >= 11 is 0. The van der Waals surface area contributed by atoms with Crippen LogP contribution in [0.5, 0.6) is 0 Å². The van der Waals surface area contributed by atoms with E-state index in [1.807, 2.05) is 0 Å². The van der Waals surface area contributed by atoms with E-state index in [0.717, 1.165) is 77.0 Å². The predicted octanol–water partition coefficient (Wildman–Crippen LogP) is 24.7. The normalized spacial score (nSPS) is 12.2. The molecule has 0 aliphatic heterocycles. The van der Waals surface area contributed by atoms with Crippen LogP contribution in [0.15, 0.2) is 36.5 Å². The molecule has 0 aromatic heterocycles. The maximum atomic E-state index is 13.0. The van der Waals surface area contributed by atoms with E-state index < -0.39 is 6.10 Å². The van der Waals surface area contributed by atoms with Gasteiger partial charge in [0.05, 0.1) is 0 Å². The quantitative estimate of drug-likeness (QED) is 0.0261. The molecule has 0 radical (unpaired) electrons. The summed E-state index contributed by atoms with van der Waals surface area (Å²) in [5.41, 5.74) is 0. The molecule has 0 heterocycles. The van der Waals surface area contributed by atoms with Gasteiger partial charge in [-0.25, -0.2) is 0 Å². The van der Waals surface area contributed by atoms with Gasteiger partial charge >= 0.3 is 17.9 Å². The van der Waals surface area contributed by atoms with E-state index in [1.54, 1.807) is 0 Å². The molecule has 0 spiro atoms. The van der Waals surface area contributed by atoms with Gasteiger partial charge in [0.2, 0.25) is 0 Å². The minimum Gasteiger partial charge on any atom is -0.462 e. The van der Waals surface area contributed by atoms with Crippen LogP contribution in [-0.4, -0.2) is 37.2 Å². The topological polar surface area (TPSA) is 78.9 Å². The Labute approximate surface area is 499 Å². The van der Waals surface area contributed by atoms with Crippen molar-refractivity contribution in [2.45, 2.75) is 406 Å². The number of unbranched alkanes of at least 4 members (excludes halogenated alkanes) is 50. The average molecular weight is 1120 g/mol. The van der Waals surface area contributed by atoms with Gasteiger partial charge in [0, 0.05) is 19.3 Å². The highest BCUT2D eigenvalue weighted by molar-refractivity contribution is 5.71. The van der Waals surface area contributed by atoms with Crippen molar-refractivity contribution in [1.29, 1.82) is 0 Å². The maximum Gasteiger partial charge on any atom is 0.306 e. The molecule has 470 valence electrons. The molecule has 6 heteroatoms. The largest absolute Gasteiger partial charge is 0.462 e. The first-order chi connectivity index (χ1) is 39.5. The van der Waals surface area contributed by atoms with Gasteiger partial charge in [-0.15, -0.1) is 0 Å². The van der Waals surface area contributed by atoms with Gasteiger partial charge in [-0.3, -0.25) is 14.4 Å². The van der Waals surface area contributed by atoms with Gasteiger partial charge in [0.25, 0.3) is 0 Å². The molecular formula is C74H138O6. The summed E-state index contributed by atoms with van der Waals surface area (Å²) in [7, 11) is 0. The van der Waals surface area contributed by atoms with Gasteiger partial charge in [-0.1, -0.05) is 340 Å². The summed E-state index contributed by atoms with van der Waals surface area (Å²) in [6.45, 7) is 6.69. The Morgan fingerprint density at radius 1 is 0.250 bits per heavy atom. The fourth-order valence-corrected chi connectivity index (χ4v) is 10.9. The highest BCUT2D eigenvalue weighted by atomic mass is 16.6. The first-order valence-electron chi connectivity index (χ1n) is 36.0. The Morgan fingerprint density at radius 3 is 0.713 bits per heavy atom. The minimum absolute atomic E-state index is 0.0717. The molecule has 0 saturated heterocycles. The summed E-state index contributed by atoms with van der Waals surface area (Å²) in [4.78, 5) is 38.5. The number of rotatable bonds is 67. The second kappa shape index (κ2) is 69.1. The zero-order valence-electron chi connectivity index (χ0n) is 54.1. The number of hydrogen-bond donors (Lipinski definition) is 0. The van der Waals surface area contributed by atoms with Gasteiger partial charge < -0.3 is 14.2 Å². The lowest BCUT2D eigenvalue weighted by molar-refractivity contribution is -0.167. The second-order valence-electron chi connectivity index (χ2n) is 24.5. The first kappa shape index (κ1) is 77.6. The molecule has 0 aromatic carbocycles. The molecule has 0 N–H and O–H groups in total. The summed E-state index contributed by atoms with van der Waals surface area (Å²) < 4.78 is 17.0. The van der Waals surface area contributed by atoms with Crippen LogP contribution >= 0.6 is 0 Å². The Kier molecular flexibility index (Phi) is 67.1. The van der Waals surface area contributed by atoms with Gasteiger partial charge in [0.1, 0.15) is 13.2 Å². The molecule has 0 aliphatic rings. The summed E-state index contributed by atoms with van der Waals surface area (Å²) in [6, 6.07) is 0. The van der Waals surface area contributed by atoms with E-state index in [9.17, 15) is 14.4 Å². The molecule has 1 unspecified atom stereocenters. The Balaban J connectivity index is 4.28. The van der Waals surface area contributed by atoms with Crippen LogP contribution in [0.4, 0.5) is 0 Å². The van der Waals surface area contributed by atoms with Crippen molar-refractivity contribution in [3.8, 4) is 0 Å². The molecule has 0 amide bonds. The van der Waals surface area contributed by atoms with Crippen LogP contribution in [0.25, 0.3) is 0 Å². The van der Waals surface area contributed by atoms with Crippen molar-refractivity contribution < 1.29 is 28.6 Å². The van der Waals surface area contributed by atoms with E-state index in [1.165, 1.54) is 283 Å². The number of esters is 3. The Morgan fingerprint density at radius 2 is 0.450 bits per heavy atom. The van der Waals surface area contributed by atoms with E-state index in [0.29, 0.717) is 19.3 Å². The molecule has 0 aromatic rings. The van der Waals surface area contributed by atoms with E-state index in [4.69, 9.17) is 14.2 Å². The van der Waals surface area contributed by atoms with Crippen molar-refractivity contribution in [3.63, 3.8) is 0 Å². The van der Waals surface area contributed by atoms with E-state index >= 15 is 0 Å². The number of ether oxygens (including phenoxy) is 3. The van der Waals surface area contributed by atoms with Crippen LogP contribution in [0.2, 0.25) is 0 Å². The molecule has 0 rings (SSSR count). The number of carbonyl (C=O) groups is 3. The highest BCUT2D eigenvalue weighted by Crippen LogP contribution is 2.18. The third-order valence-corrected chi connectivity index (χ3v) is 16.4. The van der Waals surface area contributed by atoms with E-state index in [-0.39, 0.29) is 31.1 Å². The van der Waals surface area contributed by atoms with Crippen molar-refractivity contribution in [3.05, 3.63) is 36.5 Å². The highest BCUT2D eigenvalue weighted by Gasteiger charge is 2.19. The van der Waals surface area contributed by atoms with Crippen LogP contribution in [-0.2, 0) is 28.6 Å². The number of allylic oxidation sites excluding steroid dienone is 6. The molecule has 0 fully saturated rings. The zero-order chi connectivity index (χ0) is 57.8. The lowest BCUT2D eigenvalue weighted by Gasteiger charge is -2.18. The first-order valence-corrected chi connectivity index (χ1v) is 36.0. The minimum atomic E-state index is -0.777. The Hall–Kier alpha value is -2.37. The molecule has 0 aliphatic carbocycles. The third-order valence-electron chi connectivity index (χ3n) is 16.4. The second-order valence-corrected chi connectivity index (χ2v) is 24.5. The molecule has 1 atom stereocenters. The van der Waals surface area contributed by atoms with Crippen molar-refractivity contribution in [2.24, 2.45) is 0 Å². The molecule has 0 bridgehead atoms. The molecular weight excluding hydrogens is 985 g/mol. The molecule has 6 nitrogen and oxygen atoms in total. The fourth-order valence-electron chi connectivity index (χ4n) is 10.9. The zero-order valence-corrected chi connectivity index (χ0v) is 54.1. The van der Waals surface area contributed by atoms with E-state index in [2.05, 4.69) is 57.2 Å². The fraction of sp³-hybridized carbons (Fsp3) is 0.878. The third kappa shape index (κ3) is 66.4. The van der Waals surface area contributed by atoms with Crippen molar-refractivity contribution in [1.82, 2.24) is 0 Å². The standard InChI is InChI=1S/C74H138O6/c1-4-7-10-13-16-19-22-25-28-31-33-35-36-37-38-40-41-43-46-49-52-55-58-61-64-67-73(76)79-70-71(69-78-72(75)66-63-60-57-54-51-48-45-30-27-24-21-18-15-12-9-6-3)80-74(77)68-65-62-59-56-53-50-47-44-42-39-34-32-29-26-23-20-17-14-11-8-5-2/h21,24,30-31,33,45,71H,4-20,22-23,25-29,32,34-44,46-70H2,1-3H3/b24-21-,33-31-,45-30-. The monoisotopic (exact) mass is 1120 g/mol. The number of carbonyl (C=O) groups excluding carboxylic acids is 3. The van der Waals surface area contributed by atoms with Crippen LogP contribution in [0, 0.1) is 0 Å². The summed E-state index contributed by atoms with van der Waals surface area (Å²) in [5.74, 6) is -0.855. The summed E-state index contributed by atoms with van der Waals surface area (Å²) in [6.07, 6.45) is 86.0. The molecule has 80 heavy (non-hydrogen) atoms. The van der Waals surface area contributed by atoms with Crippen molar-refractivity contribution >= 4 is 17.9 Å². The van der Waals surface area contributed by atoms with Gasteiger partial charge in [0.15, 0.2) is 6.10 Å². The van der Waals surface area contributed by atoms with Crippen LogP contribution in [0.1, 0.15) is 400 Å². The van der Waals surface area contributed by atoms with Gasteiger partial charge in [-0.05, 0) is 77.0 Å². The Bertz CT molecular complexity index is 1340. The van der Waals surface area contributed by atoms with Crippen LogP contribution in [0.3, 0.4) is 0 Å². The average Bonchev–Trinajstić information content (AvgIpc) is 3.46. The van der Waals surface area contributed by atoms with Crippen molar-refractivity contribution in [2.75, 3.05) is 13.2 Å². The summed E-state index contributed by atoms with van der Waals surface area (Å²) in [5, 5.41) is 0. The maximum absolute atomic E-state index is 13.0. The van der Waals surface area contributed by atoms with Crippen LogP contribution < -0.4 is 0 Å². The predicted molar refractivity (Wildman–Crippen MR) is 349 cm³/mol. The van der Waals surface area contributed by atoms with Gasteiger partial charge in [-0.2, -0.15) is 0 Å². The smallest absolute Gasteiger partial charge is 0.306 e. The lowest BCUT2D eigenvalue weighted by Crippen LogP contribution is -2.30. The lowest BCUT2D eigenvalue weighted by atomic mass is 10.0. The SMILES string of the molecule is CCCCCC/C=C\C/C=C\CCCCCCCC(=O)OCC(COC(=O)CCCCCCCCCCCCCCC/C=C\CCCCCCCCCC)OC(=O)CCCCCCCCCCCCCCCCCCCCCCC.